The molecule has 17 heavy (non-hydrogen) atoms. The van der Waals surface area contributed by atoms with Crippen LogP contribution in [0, 0.1) is 6.92 Å². The molecule has 1 aromatic carbocycles. The second kappa shape index (κ2) is 4.69. The van der Waals surface area contributed by atoms with E-state index in [9.17, 15) is 4.79 Å². The fourth-order valence-electron chi connectivity index (χ4n) is 1.46. The van der Waals surface area contributed by atoms with Gasteiger partial charge in [0.25, 0.3) is 5.91 Å². The first-order chi connectivity index (χ1) is 8.16. The average Bonchev–Trinajstić information content (AvgIpc) is 2.82. The number of carbonyl (C=O) groups excluding carboxylic acids is 1. The Kier molecular flexibility index (Phi) is 3.09. The lowest BCUT2D eigenvalue weighted by molar-refractivity contribution is 0.0951. The van der Waals surface area contributed by atoms with E-state index in [0.717, 1.165) is 5.56 Å². The first-order valence-electron chi connectivity index (χ1n) is 5.20. The number of nitrogens with zero attached hydrogens (tertiary/aromatic N) is 1. The van der Waals surface area contributed by atoms with Crippen molar-refractivity contribution in [3.63, 3.8) is 0 Å². The van der Waals surface area contributed by atoms with E-state index in [1.54, 1.807) is 18.2 Å². The summed E-state index contributed by atoms with van der Waals surface area (Å²) in [6, 6.07) is 7.04. The number of anilines is 1. The van der Waals surface area contributed by atoms with Crippen LogP contribution >= 0.6 is 0 Å². The van der Waals surface area contributed by atoms with Crippen molar-refractivity contribution in [1.29, 1.82) is 0 Å². The maximum atomic E-state index is 11.9. The van der Waals surface area contributed by atoms with Crippen LogP contribution in [-0.4, -0.2) is 11.1 Å². The van der Waals surface area contributed by atoms with Crippen molar-refractivity contribution in [3.05, 3.63) is 47.3 Å². The van der Waals surface area contributed by atoms with Crippen molar-refractivity contribution >= 4 is 11.6 Å². The summed E-state index contributed by atoms with van der Waals surface area (Å²) in [7, 11) is 0. The number of aryl methyl sites for hydroxylation is 1. The Hall–Kier alpha value is -2.30. The molecular weight excluding hydrogens is 218 g/mol. The van der Waals surface area contributed by atoms with Gasteiger partial charge in [-0.15, -0.1) is 0 Å². The molecule has 0 aliphatic carbocycles. The van der Waals surface area contributed by atoms with Crippen LogP contribution in [0.25, 0.3) is 0 Å². The van der Waals surface area contributed by atoms with Crippen molar-refractivity contribution in [1.82, 2.24) is 10.5 Å². The first kappa shape index (κ1) is 11.2. The van der Waals surface area contributed by atoms with E-state index in [1.165, 1.54) is 6.26 Å². The lowest BCUT2D eigenvalue weighted by Gasteiger charge is -2.06. The van der Waals surface area contributed by atoms with E-state index in [4.69, 9.17) is 5.73 Å². The van der Waals surface area contributed by atoms with Gasteiger partial charge < -0.3 is 15.6 Å². The van der Waals surface area contributed by atoms with Crippen LogP contribution in [0.3, 0.4) is 0 Å². The highest BCUT2D eigenvalue weighted by Crippen LogP contribution is 2.13. The molecule has 3 N–H and O–H groups in total. The largest absolute Gasteiger partial charge is 0.398 e. The molecule has 0 unspecified atom stereocenters. The molecule has 0 atom stereocenters. The van der Waals surface area contributed by atoms with E-state index in [-0.39, 0.29) is 5.91 Å². The summed E-state index contributed by atoms with van der Waals surface area (Å²) in [6.45, 7) is 2.23. The summed E-state index contributed by atoms with van der Waals surface area (Å²) in [4.78, 5) is 11.9. The molecule has 0 radical (unpaired) electrons. The number of nitrogens with two attached hydrogens (primary N) is 1. The van der Waals surface area contributed by atoms with Crippen LogP contribution in [0.15, 0.2) is 35.1 Å². The monoisotopic (exact) mass is 231 g/mol. The van der Waals surface area contributed by atoms with Crippen LogP contribution in [0.1, 0.15) is 21.6 Å². The quantitative estimate of drug-likeness (QED) is 0.784. The van der Waals surface area contributed by atoms with Gasteiger partial charge in [-0.25, -0.2) is 0 Å². The molecule has 1 aromatic heterocycles. The molecule has 0 bridgehead atoms. The Bertz CT molecular complexity index is 521. The van der Waals surface area contributed by atoms with Crippen LogP contribution in [-0.2, 0) is 6.54 Å². The van der Waals surface area contributed by atoms with Gasteiger partial charge in [-0.2, -0.15) is 0 Å². The number of carbonyl (C=O) groups is 1. The summed E-state index contributed by atoms with van der Waals surface area (Å²) in [5.41, 5.74) is 8.35. The standard InChI is InChI=1S/C12H13N3O2/c1-8-2-3-11(13)10(6-8)12(16)14-7-9-4-5-17-15-9/h2-6H,7,13H2,1H3,(H,14,16). The van der Waals surface area contributed by atoms with Crippen LogP contribution in [0.2, 0.25) is 0 Å². The summed E-state index contributed by atoms with van der Waals surface area (Å²) in [6.07, 6.45) is 1.46. The molecule has 2 aromatic rings. The Morgan fingerprint density at radius 3 is 3.00 bits per heavy atom. The Morgan fingerprint density at radius 2 is 2.29 bits per heavy atom. The highest BCUT2D eigenvalue weighted by molar-refractivity contribution is 5.99. The Morgan fingerprint density at radius 1 is 1.47 bits per heavy atom. The minimum Gasteiger partial charge on any atom is -0.398 e. The zero-order valence-corrected chi connectivity index (χ0v) is 9.43. The summed E-state index contributed by atoms with van der Waals surface area (Å²) in [5.74, 6) is -0.214. The van der Waals surface area contributed by atoms with Crippen molar-refractivity contribution in [2.24, 2.45) is 0 Å². The van der Waals surface area contributed by atoms with Gasteiger partial charge in [-0.05, 0) is 19.1 Å². The summed E-state index contributed by atoms with van der Waals surface area (Å²) in [5, 5.41) is 6.43. The molecule has 5 nitrogen and oxygen atoms in total. The Labute approximate surface area is 98.6 Å². The summed E-state index contributed by atoms with van der Waals surface area (Å²) >= 11 is 0. The van der Waals surface area contributed by atoms with E-state index in [0.29, 0.717) is 23.5 Å². The number of benzene rings is 1. The number of hydrogen-bond donors (Lipinski definition) is 2. The highest BCUT2D eigenvalue weighted by atomic mass is 16.5. The molecule has 0 aliphatic rings. The number of hydrogen-bond acceptors (Lipinski definition) is 4. The predicted molar refractivity (Wildman–Crippen MR) is 63.3 cm³/mol. The predicted octanol–water partition coefficient (Wildman–Crippen LogP) is 1.50. The molecule has 2 rings (SSSR count). The molecule has 0 aliphatic heterocycles. The van der Waals surface area contributed by atoms with Gasteiger partial charge >= 0.3 is 0 Å². The smallest absolute Gasteiger partial charge is 0.253 e. The lowest BCUT2D eigenvalue weighted by Crippen LogP contribution is -2.24. The zero-order chi connectivity index (χ0) is 12.3. The van der Waals surface area contributed by atoms with E-state index in [1.807, 2.05) is 13.0 Å². The van der Waals surface area contributed by atoms with Crippen molar-refractivity contribution in [2.45, 2.75) is 13.5 Å². The maximum Gasteiger partial charge on any atom is 0.253 e. The molecule has 1 amide bonds. The van der Waals surface area contributed by atoms with Crippen LogP contribution < -0.4 is 11.1 Å². The van der Waals surface area contributed by atoms with E-state index < -0.39 is 0 Å². The van der Waals surface area contributed by atoms with Gasteiger partial charge in [0.05, 0.1) is 12.1 Å². The Balaban J connectivity index is 2.07. The zero-order valence-electron chi connectivity index (χ0n) is 9.43. The third-order valence-corrected chi connectivity index (χ3v) is 2.37. The van der Waals surface area contributed by atoms with Crippen molar-refractivity contribution in [2.75, 3.05) is 5.73 Å². The highest BCUT2D eigenvalue weighted by Gasteiger charge is 2.09. The molecule has 0 saturated carbocycles. The molecule has 0 spiro atoms. The molecule has 1 heterocycles. The minimum absolute atomic E-state index is 0.214. The number of nitrogens with one attached hydrogen (secondary N) is 1. The topological polar surface area (TPSA) is 81.2 Å². The number of nitrogen functional groups attached to an aromatic ring is 1. The van der Waals surface area contributed by atoms with Gasteiger partial charge in [0, 0.05) is 11.8 Å². The minimum atomic E-state index is -0.214. The SMILES string of the molecule is Cc1ccc(N)c(C(=O)NCc2ccon2)c1. The van der Waals surface area contributed by atoms with E-state index in [2.05, 4.69) is 15.0 Å². The van der Waals surface area contributed by atoms with Crippen LogP contribution in [0.4, 0.5) is 5.69 Å². The van der Waals surface area contributed by atoms with Crippen molar-refractivity contribution < 1.29 is 9.32 Å². The van der Waals surface area contributed by atoms with Gasteiger partial charge in [0.2, 0.25) is 0 Å². The molecular formula is C12H13N3O2. The third-order valence-electron chi connectivity index (χ3n) is 2.37. The number of amides is 1. The average molecular weight is 231 g/mol. The molecule has 0 saturated heterocycles. The number of rotatable bonds is 3. The van der Waals surface area contributed by atoms with E-state index >= 15 is 0 Å². The normalized spacial score (nSPS) is 10.2. The van der Waals surface area contributed by atoms with Crippen molar-refractivity contribution in [3.8, 4) is 0 Å². The van der Waals surface area contributed by atoms with Crippen LogP contribution in [0.5, 0.6) is 0 Å². The molecule has 5 heteroatoms. The first-order valence-corrected chi connectivity index (χ1v) is 5.20. The molecule has 88 valence electrons. The molecule has 0 fully saturated rings. The second-order valence-corrected chi connectivity index (χ2v) is 3.76. The van der Waals surface area contributed by atoms with Gasteiger partial charge in [0.1, 0.15) is 12.0 Å². The van der Waals surface area contributed by atoms with Gasteiger partial charge in [-0.1, -0.05) is 16.8 Å². The third kappa shape index (κ3) is 2.63. The fraction of sp³-hybridized carbons (Fsp3) is 0.167. The second-order valence-electron chi connectivity index (χ2n) is 3.76. The maximum absolute atomic E-state index is 11.9. The lowest BCUT2D eigenvalue weighted by atomic mass is 10.1. The summed E-state index contributed by atoms with van der Waals surface area (Å²) < 4.78 is 4.67. The van der Waals surface area contributed by atoms with Gasteiger partial charge in [0.15, 0.2) is 0 Å². The fourth-order valence-corrected chi connectivity index (χ4v) is 1.46. The number of aromatic nitrogens is 1. The van der Waals surface area contributed by atoms with Gasteiger partial charge in [-0.3, -0.25) is 4.79 Å².